The lowest BCUT2D eigenvalue weighted by Crippen LogP contribution is -2.43. The average Bonchev–Trinajstić information content (AvgIpc) is 1.83. The minimum Gasteiger partial charge on any atom is -0.454 e. The quantitative estimate of drug-likeness (QED) is 0.477. The molecule has 1 fully saturated rings. The van der Waals surface area contributed by atoms with Crippen molar-refractivity contribution >= 4 is 5.97 Å². The maximum Gasteiger partial charge on any atom is 0.311 e. The number of hydrogen-bond donors (Lipinski definition) is 0. The van der Waals surface area contributed by atoms with E-state index in [1.54, 1.807) is 0 Å². The molecule has 1 rings (SSSR count). The molecule has 2 nitrogen and oxygen atoms in total. The van der Waals surface area contributed by atoms with Crippen molar-refractivity contribution in [2.24, 2.45) is 5.92 Å². The minimum absolute atomic E-state index is 0.0910. The molecule has 0 bridgehead atoms. The van der Waals surface area contributed by atoms with Gasteiger partial charge in [-0.1, -0.05) is 19.9 Å². The predicted molar refractivity (Wildman–Crippen MR) is 47.7 cm³/mol. The van der Waals surface area contributed by atoms with Crippen LogP contribution in [0.4, 0.5) is 0 Å². The molecule has 0 amide bonds. The summed E-state index contributed by atoms with van der Waals surface area (Å²) in [6.45, 7) is 6.27. The summed E-state index contributed by atoms with van der Waals surface area (Å²) in [5.41, 5.74) is -0.300. The molecule has 1 aliphatic rings. The van der Waals surface area contributed by atoms with Crippen LogP contribution >= 0.6 is 0 Å². The zero-order chi connectivity index (χ0) is 9.19. The van der Waals surface area contributed by atoms with Crippen molar-refractivity contribution in [1.82, 2.24) is 0 Å². The molecule has 1 saturated heterocycles. The van der Waals surface area contributed by atoms with Crippen LogP contribution in [-0.2, 0) is 9.53 Å². The van der Waals surface area contributed by atoms with Gasteiger partial charge in [-0.05, 0) is 25.3 Å². The molecule has 1 unspecified atom stereocenters. The van der Waals surface area contributed by atoms with Crippen LogP contribution in [0.3, 0.4) is 0 Å². The van der Waals surface area contributed by atoms with Gasteiger partial charge in [0.25, 0.3) is 0 Å². The van der Waals surface area contributed by atoms with Crippen LogP contribution in [0.1, 0.15) is 33.6 Å². The molecular formula is C10H16O2. The first-order valence-electron chi connectivity index (χ1n) is 4.41. The Morgan fingerprint density at radius 1 is 1.67 bits per heavy atom. The van der Waals surface area contributed by atoms with E-state index in [1.807, 2.05) is 13.0 Å². The van der Waals surface area contributed by atoms with E-state index in [1.165, 1.54) is 0 Å². The van der Waals surface area contributed by atoms with Gasteiger partial charge in [-0.25, -0.2) is 0 Å². The third-order valence-electron chi connectivity index (χ3n) is 1.92. The fourth-order valence-corrected chi connectivity index (χ4v) is 1.22. The summed E-state index contributed by atoms with van der Waals surface area (Å²) in [6, 6.07) is 0. The van der Waals surface area contributed by atoms with Crippen molar-refractivity contribution in [3.63, 3.8) is 0 Å². The van der Waals surface area contributed by atoms with Gasteiger partial charge in [0.05, 0.1) is 6.42 Å². The lowest BCUT2D eigenvalue weighted by atomic mass is 9.95. The Bertz CT molecular complexity index is 196. The first kappa shape index (κ1) is 9.30. The number of allylic oxidation sites excluding steroid dienone is 1. The van der Waals surface area contributed by atoms with E-state index >= 15 is 0 Å². The molecule has 0 aliphatic carbocycles. The standard InChI is InChI=1S/C10H16O2/c1-8(2)5-4-6-10(3)7-9(11)12-10/h4,6,8H,5,7H2,1-3H3. The number of esters is 1. The zero-order valence-corrected chi connectivity index (χ0v) is 7.96. The maximum atomic E-state index is 10.6. The molecule has 68 valence electrons. The van der Waals surface area contributed by atoms with Gasteiger partial charge in [0.2, 0.25) is 0 Å². The van der Waals surface area contributed by atoms with Crippen molar-refractivity contribution in [3.8, 4) is 0 Å². The van der Waals surface area contributed by atoms with Gasteiger partial charge in [-0.15, -0.1) is 0 Å². The molecule has 1 atom stereocenters. The highest BCUT2D eigenvalue weighted by Gasteiger charge is 2.38. The molecule has 0 aromatic carbocycles. The third kappa shape index (κ3) is 2.36. The number of hydrogen-bond acceptors (Lipinski definition) is 2. The van der Waals surface area contributed by atoms with Crippen molar-refractivity contribution in [3.05, 3.63) is 12.2 Å². The van der Waals surface area contributed by atoms with Crippen molar-refractivity contribution in [2.75, 3.05) is 0 Å². The van der Waals surface area contributed by atoms with E-state index in [-0.39, 0.29) is 11.6 Å². The fraction of sp³-hybridized carbons (Fsp3) is 0.700. The summed E-state index contributed by atoms with van der Waals surface area (Å²) in [4.78, 5) is 10.6. The first-order valence-corrected chi connectivity index (χ1v) is 4.41. The van der Waals surface area contributed by atoms with E-state index in [9.17, 15) is 4.79 Å². The number of carbonyl (C=O) groups is 1. The van der Waals surface area contributed by atoms with Crippen LogP contribution in [0.15, 0.2) is 12.2 Å². The molecule has 0 spiro atoms. The zero-order valence-electron chi connectivity index (χ0n) is 7.96. The summed E-state index contributed by atoms with van der Waals surface area (Å²) in [6.07, 6.45) is 5.67. The highest BCUT2D eigenvalue weighted by molar-refractivity contribution is 5.77. The van der Waals surface area contributed by atoms with E-state index < -0.39 is 0 Å². The Labute approximate surface area is 73.6 Å². The van der Waals surface area contributed by atoms with E-state index in [2.05, 4.69) is 19.9 Å². The maximum absolute atomic E-state index is 10.6. The molecule has 1 heterocycles. The van der Waals surface area contributed by atoms with Crippen molar-refractivity contribution < 1.29 is 9.53 Å². The Balaban J connectivity index is 2.31. The number of ether oxygens (including phenoxy) is 1. The Hall–Kier alpha value is -0.790. The highest BCUT2D eigenvalue weighted by Crippen LogP contribution is 2.28. The van der Waals surface area contributed by atoms with E-state index in [0.29, 0.717) is 12.3 Å². The topological polar surface area (TPSA) is 26.3 Å². The van der Waals surface area contributed by atoms with Gasteiger partial charge in [-0.2, -0.15) is 0 Å². The lowest BCUT2D eigenvalue weighted by Gasteiger charge is -2.34. The summed E-state index contributed by atoms with van der Waals surface area (Å²) in [5, 5.41) is 0. The predicted octanol–water partition coefficient (Wildman–Crippen LogP) is 2.29. The van der Waals surface area contributed by atoms with Gasteiger partial charge in [-0.3, -0.25) is 4.79 Å². The van der Waals surface area contributed by atoms with E-state index in [0.717, 1.165) is 6.42 Å². The summed E-state index contributed by atoms with van der Waals surface area (Å²) in [5.74, 6) is 0.576. The molecule has 0 aromatic heterocycles. The molecular weight excluding hydrogens is 152 g/mol. The van der Waals surface area contributed by atoms with Gasteiger partial charge >= 0.3 is 5.97 Å². The van der Waals surface area contributed by atoms with Gasteiger partial charge in [0.15, 0.2) is 0 Å². The van der Waals surface area contributed by atoms with E-state index in [4.69, 9.17) is 4.74 Å². The Morgan fingerprint density at radius 2 is 2.25 bits per heavy atom. The van der Waals surface area contributed by atoms with Crippen LogP contribution in [0.2, 0.25) is 0 Å². The molecule has 0 saturated carbocycles. The summed E-state index contributed by atoms with van der Waals surface area (Å²) >= 11 is 0. The number of rotatable bonds is 3. The fourth-order valence-electron chi connectivity index (χ4n) is 1.22. The minimum atomic E-state index is -0.300. The summed E-state index contributed by atoms with van der Waals surface area (Å²) < 4.78 is 4.98. The largest absolute Gasteiger partial charge is 0.454 e. The van der Waals surface area contributed by atoms with Crippen molar-refractivity contribution in [1.29, 1.82) is 0 Å². The smallest absolute Gasteiger partial charge is 0.311 e. The van der Waals surface area contributed by atoms with Crippen molar-refractivity contribution in [2.45, 2.75) is 39.2 Å². The molecule has 2 heteroatoms. The molecule has 0 radical (unpaired) electrons. The van der Waals surface area contributed by atoms with Crippen LogP contribution in [0, 0.1) is 5.92 Å². The van der Waals surface area contributed by atoms with Gasteiger partial charge in [0.1, 0.15) is 5.60 Å². The highest BCUT2D eigenvalue weighted by atomic mass is 16.6. The third-order valence-corrected chi connectivity index (χ3v) is 1.92. The SMILES string of the molecule is CC(C)CC=CC1(C)CC(=O)O1. The first-order chi connectivity index (χ1) is 5.52. The number of carbonyl (C=O) groups excluding carboxylic acids is 1. The lowest BCUT2D eigenvalue weighted by molar-refractivity contribution is -0.179. The molecule has 0 aromatic rings. The number of cyclic esters (lactones) is 1. The normalized spacial score (nSPS) is 29.2. The van der Waals surface area contributed by atoms with Gasteiger partial charge < -0.3 is 4.74 Å². The average molecular weight is 168 g/mol. The Kier molecular flexibility index (Phi) is 2.55. The van der Waals surface area contributed by atoms with Crippen LogP contribution in [0.5, 0.6) is 0 Å². The van der Waals surface area contributed by atoms with Gasteiger partial charge in [0, 0.05) is 0 Å². The van der Waals surface area contributed by atoms with Crippen LogP contribution in [-0.4, -0.2) is 11.6 Å². The monoisotopic (exact) mass is 168 g/mol. The molecule has 0 N–H and O–H groups in total. The van der Waals surface area contributed by atoms with Crippen LogP contribution in [0.25, 0.3) is 0 Å². The second-order valence-corrected chi connectivity index (χ2v) is 4.00. The van der Waals surface area contributed by atoms with Crippen LogP contribution < -0.4 is 0 Å². The molecule has 12 heavy (non-hydrogen) atoms. The Morgan fingerprint density at radius 3 is 2.67 bits per heavy atom. The second-order valence-electron chi connectivity index (χ2n) is 4.00. The second kappa shape index (κ2) is 3.30. The summed E-state index contributed by atoms with van der Waals surface area (Å²) in [7, 11) is 0. The molecule has 1 aliphatic heterocycles.